The largest absolute Gasteiger partial charge is 0.318 e. The van der Waals surface area contributed by atoms with Crippen molar-refractivity contribution in [1.29, 1.82) is 0 Å². The van der Waals surface area contributed by atoms with E-state index in [4.69, 9.17) is 0 Å². The molecule has 0 aliphatic heterocycles. The number of rotatable bonds is 3. The molecule has 4 nitrogen and oxygen atoms in total. The Kier molecular flexibility index (Phi) is 3.89. The van der Waals surface area contributed by atoms with E-state index in [-0.39, 0.29) is 11.4 Å². The molecule has 0 aliphatic rings. The molecule has 1 aromatic heterocycles. The number of hydrogen-bond donors (Lipinski definition) is 1. The summed E-state index contributed by atoms with van der Waals surface area (Å²) in [6, 6.07) is 13.6. The van der Waals surface area contributed by atoms with Crippen LogP contribution in [-0.2, 0) is 0 Å². The first-order chi connectivity index (χ1) is 11.0. The van der Waals surface area contributed by atoms with Crippen molar-refractivity contribution in [1.82, 2.24) is 9.78 Å². The summed E-state index contributed by atoms with van der Waals surface area (Å²) in [4.78, 5) is 12.4. The van der Waals surface area contributed by atoms with Gasteiger partial charge in [0.05, 0.1) is 17.1 Å². The highest BCUT2D eigenvalue weighted by molar-refractivity contribution is 6.03. The lowest BCUT2D eigenvalue weighted by Crippen LogP contribution is -2.17. The SMILES string of the molecule is Cc1cc(C(=O)Nc2cc(F)ccc2F)n(-c2ccccc2)n1. The number of hydrogen-bond acceptors (Lipinski definition) is 2. The maximum Gasteiger partial charge on any atom is 0.274 e. The molecule has 0 radical (unpaired) electrons. The number of nitrogens with zero attached hydrogens (tertiary/aromatic N) is 2. The minimum absolute atomic E-state index is 0.214. The Hall–Kier alpha value is -3.02. The minimum Gasteiger partial charge on any atom is -0.318 e. The Bertz CT molecular complexity index is 860. The van der Waals surface area contributed by atoms with Gasteiger partial charge in [-0.2, -0.15) is 5.10 Å². The topological polar surface area (TPSA) is 46.9 Å². The number of carbonyl (C=O) groups excluding carboxylic acids is 1. The van der Waals surface area contributed by atoms with E-state index in [1.165, 1.54) is 4.68 Å². The quantitative estimate of drug-likeness (QED) is 0.801. The molecule has 0 saturated carbocycles. The fourth-order valence-electron chi connectivity index (χ4n) is 2.21. The number of para-hydroxylation sites is 1. The van der Waals surface area contributed by atoms with Crippen molar-refractivity contribution in [2.75, 3.05) is 5.32 Å². The predicted molar refractivity (Wildman–Crippen MR) is 82.6 cm³/mol. The molecular weight excluding hydrogens is 300 g/mol. The zero-order valence-electron chi connectivity index (χ0n) is 12.3. The lowest BCUT2D eigenvalue weighted by atomic mass is 10.2. The van der Waals surface area contributed by atoms with Crippen molar-refractivity contribution < 1.29 is 13.6 Å². The van der Waals surface area contributed by atoms with Crippen molar-refractivity contribution in [3.05, 3.63) is 77.6 Å². The van der Waals surface area contributed by atoms with Gasteiger partial charge in [0.2, 0.25) is 0 Å². The van der Waals surface area contributed by atoms with Gasteiger partial charge in [-0.15, -0.1) is 0 Å². The fraction of sp³-hybridized carbons (Fsp3) is 0.0588. The highest BCUT2D eigenvalue weighted by Gasteiger charge is 2.17. The molecule has 6 heteroatoms. The summed E-state index contributed by atoms with van der Waals surface area (Å²) in [6.07, 6.45) is 0. The third-order valence-corrected chi connectivity index (χ3v) is 3.24. The molecule has 0 bridgehead atoms. The molecule has 0 saturated heterocycles. The number of benzene rings is 2. The Labute approximate surface area is 131 Å². The van der Waals surface area contributed by atoms with Crippen molar-refractivity contribution in [3.8, 4) is 5.69 Å². The summed E-state index contributed by atoms with van der Waals surface area (Å²) in [6.45, 7) is 1.75. The monoisotopic (exact) mass is 313 g/mol. The molecular formula is C17H13F2N3O. The molecule has 3 rings (SSSR count). The summed E-state index contributed by atoms with van der Waals surface area (Å²) < 4.78 is 28.3. The van der Waals surface area contributed by atoms with E-state index in [0.717, 1.165) is 18.2 Å². The molecule has 1 amide bonds. The number of aryl methyl sites for hydroxylation is 1. The molecule has 3 aromatic rings. The van der Waals surface area contributed by atoms with Crippen molar-refractivity contribution in [2.24, 2.45) is 0 Å². The van der Waals surface area contributed by atoms with Crippen LogP contribution >= 0.6 is 0 Å². The van der Waals surface area contributed by atoms with Gasteiger partial charge in [0.15, 0.2) is 0 Å². The maximum absolute atomic E-state index is 13.7. The van der Waals surface area contributed by atoms with Crippen molar-refractivity contribution >= 4 is 11.6 Å². The lowest BCUT2D eigenvalue weighted by Gasteiger charge is -2.09. The van der Waals surface area contributed by atoms with Crippen LogP contribution in [0.3, 0.4) is 0 Å². The Morgan fingerprint density at radius 3 is 2.57 bits per heavy atom. The molecule has 0 atom stereocenters. The Morgan fingerprint density at radius 2 is 1.83 bits per heavy atom. The molecule has 0 fully saturated rings. The van der Waals surface area contributed by atoms with E-state index >= 15 is 0 Å². The first kappa shape index (κ1) is 14.9. The summed E-state index contributed by atoms with van der Waals surface area (Å²) in [5.41, 5.74) is 1.36. The molecule has 1 heterocycles. The van der Waals surface area contributed by atoms with E-state index in [1.54, 1.807) is 25.1 Å². The lowest BCUT2D eigenvalue weighted by molar-refractivity contribution is 0.101. The Balaban J connectivity index is 1.96. The summed E-state index contributed by atoms with van der Waals surface area (Å²) in [5, 5.41) is 6.65. The van der Waals surface area contributed by atoms with Crippen molar-refractivity contribution in [2.45, 2.75) is 6.92 Å². The summed E-state index contributed by atoms with van der Waals surface area (Å²) >= 11 is 0. The predicted octanol–water partition coefficient (Wildman–Crippen LogP) is 3.71. The second-order valence-electron chi connectivity index (χ2n) is 5.00. The van der Waals surface area contributed by atoms with Gasteiger partial charge in [-0.05, 0) is 37.3 Å². The van der Waals surface area contributed by atoms with Crippen LogP contribution in [-0.4, -0.2) is 15.7 Å². The van der Waals surface area contributed by atoms with Crippen LogP contribution in [0.25, 0.3) is 5.69 Å². The third-order valence-electron chi connectivity index (χ3n) is 3.24. The van der Waals surface area contributed by atoms with E-state index in [0.29, 0.717) is 11.4 Å². The minimum atomic E-state index is -0.706. The van der Waals surface area contributed by atoms with Gasteiger partial charge >= 0.3 is 0 Å². The molecule has 0 unspecified atom stereocenters. The molecule has 23 heavy (non-hydrogen) atoms. The average Bonchev–Trinajstić information content (AvgIpc) is 2.94. The molecule has 0 aliphatic carbocycles. The van der Waals surface area contributed by atoms with Crippen LogP contribution in [0.1, 0.15) is 16.2 Å². The van der Waals surface area contributed by atoms with Gasteiger partial charge in [-0.1, -0.05) is 18.2 Å². The standard InChI is InChI=1S/C17H13F2N3O/c1-11-9-16(22(21-11)13-5-3-2-4-6-13)17(23)20-15-10-12(18)7-8-14(15)19/h2-10H,1H3,(H,20,23). The van der Waals surface area contributed by atoms with Gasteiger partial charge in [0.25, 0.3) is 5.91 Å². The van der Waals surface area contributed by atoms with Gasteiger partial charge in [0.1, 0.15) is 17.3 Å². The smallest absolute Gasteiger partial charge is 0.274 e. The maximum atomic E-state index is 13.7. The first-order valence-electron chi connectivity index (χ1n) is 6.93. The van der Waals surface area contributed by atoms with Crippen molar-refractivity contribution in [3.63, 3.8) is 0 Å². The third kappa shape index (κ3) is 3.11. The fourth-order valence-corrected chi connectivity index (χ4v) is 2.21. The zero-order chi connectivity index (χ0) is 16.4. The van der Waals surface area contributed by atoms with E-state index < -0.39 is 17.5 Å². The highest BCUT2D eigenvalue weighted by atomic mass is 19.1. The number of aromatic nitrogens is 2. The molecule has 0 spiro atoms. The normalized spacial score (nSPS) is 10.6. The van der Waals surface area contributed by atoms with Crippen LogP contribution in [0.15, 0.2) is 54.6 Å². The van der Waals surface area contributed by atoms with Crippen LogP contribution in [0, 0.1) is 18.6 Å². The molecule has 2 aromatic carbocycles. The zero-order valence-corrected chi connectivity index (χ0v) is 12.3. The highest BCUT2D eigenvalue weighted by Crippen LogP contribution is 2.18. The Morgan fingerprint density at radius 1 is 1.09 bits per heavy atom. The van der Waals surface area contributed by atoms with E-state index in [2.05, 4.69) is 10.4 Å². The number of amides is 1. The number of nitrogens with one attached hydrogen (secondary N) is 1. The first-order valence-corrected chi connectivity index (χ1v) is 6.93. The summed E-state index contributed by atoms with van der Waals surface area (Å²) in [7, 11) is 0. The second kappa shape index (κ2) is 6.00. The van der Waals surface area contributed by atoms with Crippen LogP contribution < -0.4 is 5.32 Å². The number of carbonyl (C=O) groups is 1. The molecule has 1 N–H and O–H groups in total. The van der Waals surface area contributed by atoms with Crippen LogP contribution in [0.5, 0.6) is 0 Å². The average molecular weight is 313 g/mol. The van der Waals surface area contributed by atoms with E-state index in [9.17, 15) is 13.6 Å². The number of anilines is 1. The second-order valence-corrected chi connectivity index (χ2v) is 5.00. The van der Waals surface area contributed by atoms with Gasteiger partial charge < -0.3 is 5.32 Å². The molecule has 116 valence electrons. The van der Waals surface area contributed by atoms with Crippen LogP contribution in [0.4, 0.5) is 14.5 Å². The summed E-state index contributed by atoms with van der Waals surface area (Å²) in [5.74, 6) is -1.91. The van der Waals surface area contributed by atoms with Crippen LogP contribution in [0.2, 0.25) is 0 Å². The van der Waals surface area contributed by atoms with Gasteiger partial charge in [-0.25, -0.2) is 13.5 Å². The van der Waals surface area contributed by atoms with E-state index in [1.807, 2.05) is 18.2 Å². The van der Waals surface area contributed by atoms with Gasteiger partial charge in [0, 0.05) is 6.07 Å². The van der Waals surface area contributed by atoms with Gasteiger partial charge in [-0.3, -0.25) is 4.79 Å². The number of halogens is 2.